The fourth-order valence-electron chi connectivity index (χ4n) is 3.30. The molecule has 0 nitrogen and oxygen atoms in total. The molecule has 0 N–H and O–H groups in total. The van der Waals surface area contributed by atoms with Crippen molar-refractivity contribution in [2.45, 2.75) is 0 Å². The maximum absolute atomic E-state index is 3.93. The average Bonchev–Trinajstić information content (AvgIpc) is 2.74. The molecule has 4 aromatic carbocycles. The zero-order chi connectivity index (χ0) is 17.8. The molecule has 4 rings (SSSR count). The van der Waals surface area contributed by atoms with Crippen LogP contribution in [0.15, 0.2) is 109 Å². The summed E-state index contributed by atoms with van der Waals surface area (Å²) in [4.78, 5) is 0. The Morgan fingerprint density at radius 3 is 1.65 bits per heavy atom. The van der Waals surface area contributed by atoms with E-state index < -0.39 is 0 Å². The molecule has 124 valence electrons. The Hall–Kier alpha value is -2.95. The van der Waals surface area contributed by atoms with Crippen molar-refractivity contribution in [2.24, 2.45) is 0 Å². The van der Waals surface area contributed by atoms with Crippen LogP contribution in [-0.2, 0) is 0 Å². The van der Waals surface area contributed by atoms with Crippen molar-refractivity contribution in [1.29, 1.82) is 0 Å². The Balaban J connectivity index is 1.97. The van der Waals surface area contributed by atoms with E-state index in [-0.39, 0.29) is 0 Å². The van der Waals surface area contributed by atoms with E-state index in [0.29, 0.717) is 0 Å². The molecule has 0 aliphatic rings. The normalized spacial score (nSPS) is 10.5. The number of hydrogen-bond acceptors (Lipinski definition) is 0. The van der Waals surface area contributed by atoms with Gasteiger partial charge in [0.2, 0.25) is 0 Å². The molecule has 26 heavy (non-hydrogen) atoms. The van der Waals surface area contributed by atoms with Crippen LogP contribution in [0.1, 0.15) is 11.1 Å². The lowest BCUT2D eigenvalue weighted by Gasteiger charge is -2.17. The van der Waals surface area contributed by atoms with Crippen molar-refractivity contribution in [3.8, 4) is 22.3 Å². The van der Waals surface area contributed by atoms with Crippen molar-refractivity contribution in [1.82, 2.24) is 0 Å². The second-order valence-electron chi connectivity index (χ2n) is 6.20. The zero-order valence-corrected chi connectivity index (χ0v) is 15.4. The topological polar surface area (TPSA) is 0 Å². The highest BCUT2D eigenvalue weighted by molar-refractivity contribution is 7.23. The van der Waals surface area contributed by atoms with Gasteiger partial charge in [-0.2, -0.15) is 0 Å². The summed E-state index contributed by atoms with van der Waals surface area (Å²) in [6.07, 6.45) is 0. The first-order valence-electron chi connectivity index (χ1n) is 8.73. The molecule has 0 spiro atoms. The lowest BCUT2D eigenvalue weighted by Crippen LogP contribution is -2.03. The molecule has 0 saturated heterocycles. The quantitative estimate of drug-likeness (QED) is 0.358. The molecule has 0 bridgehead atoms. The van der Waals surface area contributed by atoms with E-state index in [1.165, 1.54) is 33.4 Å². The highest BCUT2D eigenvalue weighted by Gasteiger charge is 2.15. The Labute approximate surface area is 157 Å². The van der Waals surface area contributed by atoms with Crippen LogP contribution in [0.25, 0.3) is 22.3 Å². The second kappa shape index (κ2) is 7.52. The summed E-state index contributed by atoms with van der Waals surface area (Å²) in [7, 11) is 3.93. The summed E-state index contributed by atoms with van der Waals surface area (Å²) in [5.41, 5.74) is 7.29. The third-order valence-electron chi connectivity index (χ3n) is 4.54. The molecule has 0 saturated carbocycles. The van der Waals surface area contributed by atoms with Gasteiger partial charge in [0.25, 0.3) is 0 Å². The van der Waals surface area contributed by atoms with Crippen molar-refractivity contribution >= 4 is 14.2 Å². The molecule has 0 aliphatic carbocycles. The van der Waals surface area contributed by atoms with Crippen LogP contribution in [0, 0.1) is 0 Å². The lowest BCUT2D eigenvalue weighted by molar-refractivity contribution is 1.55. The van der Waals surface area contributed by atoms with Crippen molar-refractivity contribution in [3.05, 3.63) is 120 Å². The van der Waals surface area contributed by atoms with Gasteiger partial charge in [-0.3, -0.25) is 0 Å². The molecular formula is C25H19P. The fraction of sp³-hybridized carbons (Fsp3) is 0. The van der Waals surface area contributed by atoms with Crippen LogP contribution in [0.4, 0.5) is 0 Å². The highest BCUT2D eigenvalue weighted by atomic mass is 31.0. The van der Waals surface area contributed by atoms with Crippen LogP contribution in [0.3, 0.4) is 0 Å². The summed E-state index contributed by atoms with van der Waals surface area (Å²) < 4.78 is 0. The highest BCUT2D eigenvalue weighted by Crippen LogP contribution is 2.36. The van der Waals surface area contributed by atoms with Gasteiger partial charge in [0, 0.05) is 5.29 Å². The third kappa shape index (κ3) is 3.25. The molecule has 0 atom stereocenters. The molecule has 4 aromatic rings. The van der Waals surface area contributed by atoms with Gasteiger partial charge in [-0.15, -0.1) is 8.86 Å². The first-order valence-corrected chi connectivity index (χ1v) is 9.23. The second-order valence-corrected chi connectivity index (χ2v) is 6.70. The van der Waals surface area contributed by atoms with Gasteiger partial charge in [-0.1, -0.05) is 109 Å². The first-order chi connectivity index (χ1) is 12.8. The Kier molecular flexibility index (Phi) is 4.78. The van der Waals surface area contributed by atoms with E-state index in [1.807, 2.05) is 6.07 Å². The minimum absolute atomic E-state index is 1.10. The van der Waals surface area contributed by atoms with Crippen LogP contribution in [0.5, 0.6) is 0 Å². The molecule has 0 heterocycles. The van der Waals surface area contributed by atoms with Gasteiger partial charge >= 0.3 is 0 Å². The fourth-order valence-corrected chi connectivity index (χ4v) is 3.67. The Bertz CT molecular complexity index is 1020. The maximum atomic E-state index is 3.93. The van der Waals surface area contributed by atoms with E-state index in [2.05, 4.69) is 112 Å². The minimum Gasteiger partial charge on any atom is -0.113 e. The van der Waals surface area contributed by atoms with Crippen molar-refractivity contribution < 1.29 is 0 Å². The van der Waals surface area contributed by atoms with E-state index in [4.69, 9.17) is 0 Å². The summed E-state index contributed by atoms with van der Waals surface area (Å²) in [5.74, 6) is 0. The Morgan fingerprint density at radius 2 is 1.04 bits per heavy atom. The largest absolute Gasteiger partial charge is 0.113 e. The zero-order valence-electron chi connectivity index (χ0n) is 14.4. The van der Waals surface area contributed by atoms with Gasteiger partial charge < -0.3 is 0 Å². The third-order valence-corrected chi connectivity index (χ3v) is 5.10. The summed E-state index contributed by atoms with van der Waals surface area (Å²) in [6.45, 7) is 0. The molecule has 0 unspecified atom stereocenters. The maximum Gasteiger partial charge on any atom is 0.00957 e. The predicted octanol–water partition coefficient (Wildman–Crippen LogP) is 6.73. The first kappa shape index (κ1) is 16.5. The summed E-state index contributed by atoms with van der Waals surface area (Å²) >= 11 is 0. The van der Waals surface area contributed by atoms with Crippen LogP contribution >= 0.6 is 8.86 Å². The summed E-state index contributed by atoms with van der Waals surface area (Å²) in [5, 5.41) is 1.10. The number of benzene rings is 4. The van der Waals surface area contributed by atoms with Gasteiger partial charge in [-0.05, 0) is 33.4 Å². The van der Waals surface area contributed by atoms with Crippen molar-refractivity contribution in [3.63, 3.8) is 0 Å². The average molecular weight is 350 g/mol. The Morgan fingerprint density at radius 1 is 0.500 bits per heavy atom. The number of hydrogen-bond donors (Lipinski definition) is 0. The molecule has 0 amide bonds. The standard InChI is InChI=1S/C25H19P/c26-25(21-15-8-3-9-16-21)23-18-10-17-22(19-11-4-1-5-12-19)24(23)20-13-6-2-7-14-20/h1-18,26H. The monoisotopic (exact) mass is 350 g/mol. The van der Waals surface area contributed by atoms with E-state index >= 15 is 0 Å². The van der Waals surface area contributed by atoms with Gasteiger partial charge in [0.1, 0.15) is 0 Å². The molecule has 0 fully saturated rings. The van der Waals surface area contributed by atoms with Crippen LogP contribution in [0.2, 0.25) is 0 Å². The lowest BCUT2D eigenvalue weighted by atomic mass is 9.88. The van der Waals surface area contributed by atoms with E-state index in [0.717, 1.165) is 5.29 Å². The van der Waals surface area contributed by atoms with Gasteiger partial charge in [-0.25, -0.2) is 0 Å². The summed E-state index contributed by atoms with van der Waals surface area (Å²) in [6, 6.07) is 38.1. The SMILES string of the molecule is P=C(c1ccccc1)c1cccc(-c2ccccc2)c1-c1ccccc1. The van der Waals surface area contributed by atoms with Crippen LogP contribution in [-0.4, -0.2) is 5.29 Å². The van der Waals surface area contributed by atoms with Gasteiger partial charge in [0.15, 0.2) is 0 Å². The molecule has 1 heteroatoms. The van der Waals surface area contributed by atoms with E-state index in [1.54, 1.807) is 0 Å². The predicted molar refractivity (Wildman–Crippen MR) is 115 cm³/mol. The smallest absolute Gasteiger partial charge is 0.00957 e. The van der Waals surface area contributed by atoms with Gasteiger partial charge in [0.05, 0.1) is 0 Å². The van der Waals surface area contributed by atoms with Crippen molar-refractivity contribution in [2.75, 3.05) is 0 Å². The molecule has 0 aliphatic heterocycles. The molecule has 0 aromatic heterocycles. The minimum atomic E-state index is 1.10. The number of rotatable bonds is 4. The molecule has 0 radical (unpaired) electrons. The molecular weight excluding hydrogens is 331 g/mol. The van der Waals surface area contributed by atoms with E-state index in [9.17, 15) is 0 Å². The van der Waals surface area contributed by atoms with Crippen LogP contribution < -0.4 is 0 Å².